The maximum atomic E-state index is 13.0. The van der Waals surface area contributed by atoms with E-state index >= 15 is 0 Å². The van der Waals surface area contributed by atoms with Crippen molar-refractivity contribution in [2.24, 2.45) is 5.92 Å². The highest BCUT2D eigenvalue weighted by Gasteiger charge is 2.25. The van der Waals surface area contributed by atoms with Crippen LogP contribution in [0.2, 0.25) is 10.0 Å². The van der Waals surface area contributed by atoms with Gasteiger partial charge in [-0.1, -0.05) is 66.0 Å². The van der Waals surface area contributed by atoms with Crippen LogP contribution in [0.1, 0.15) is 36.8 Å². The first-order valence-electron chi connectivity index (χ1n) is 8.38. The number of halogens is 2. The van der Waals surface area contributed by atoms with Gasteiger partial charge in [-0.05, 0) is 60.6 Å². The van der Waals surface area contributed by atoms with Crippen LogP contribution < -0.4 is 0 Å². The summed E-state index contributed by atoms with van der Waals surface area (Å²) < 4.78 is 0. The molecule has 2 aromatic rings. The predicted molar refractivity (Wildman–Crippen MR) is 102 cm³/mol. The van der Waals surface area contributed by atoms with E-state index < -0.39 is 0 Å². The second-order valence-corrected chi connectivity index (χ2v) is 7.11. The monoisotopic (exact) mass is 358 g/mol. The molecule has 0 radical (unpaired) electrons. The molecule has 0 aliphatic heterocycles. The molecule has 1 aliphatic rings. The lowest BCUT2D eigenvalue weighted by Gasteiger charge is -2.15. The molecule has 3 heteroatoms. The van der Waals surface area contributed by atoms with Crippen LogP contribution in [0.25, 0.3) is 6.08 Å². The van der Waals surface area contributed by atoms with Crippen LogP contribution in [-0.4, -0.2) is 5.78 Å². The van der Waals surface area contributed by atoms with Gasteiger partial charge >= 0.3 is 0 Å². The minimum Gasteiger partial charge on any atom is -0.294 e. The second-order valence-electron chi connectivity index (χ2n) is 6.29. The van der Waals surface area contributed by atoms with E-state index in [0.29, 0.717) is 11.4 Å². The van der Waals surface area contributed by atoms with Crippen LogP contribution in [-0.2, 0) is 11.2 Å². The van der Waals surface area contributed by atoms with Crippen LogP contribution in [0.4, 0.5) is 0 Å². The topological polar surface area (TPSA) is 17.1 Å². The van der Waals surface area contributed by atoms with Crippen molar-refractivity contribution < 1.29 is 4.79 Å². The SMILES string of the molecule is O=C1/C(=C/c2ccccc2Cl)CCCC[C@@H]1Cc1ccccc1Cl. The summed E-state index contributed by atoms with van der Waals surface area (Å²) in [5.41, 5.74) is 2.86. The summed E-state index contributed by atoms with van der Waals surface area (Å²) in [6.45, 7) is 0. The van der Waals surface area contributed by atoms with Gasteiger partial charge in [0, 0.05) is 16.0 Å². The summed E-state index contributed by atoms with van der Waals surface area (Å²) in [5.74, 6) is 0.244. The molecule has 2 aromatic carbocycles. The number of allylic oxidation sites excluding steroid dienone is 1. The molecule has 3 rings (SSSR count). The molecule has 1 fully saturated rings. The summed E-state index contributed by atoms with van der Waals surface area (Å²) in [4.78, 5) is 13.0. The zero-order valence-electron chi connectivity index (χ0n) is 13.5. The predicted octanol–water partition coefficient (Wildman–Crippen LogP) is 6.38. The average Bonchev–Trinajstić information content (AvgIpc) is 2.75. The lowest BCUT2D eigenvalue weighted by molar-refractivity contribution is -0.119. The van der Waals surface area contributed by atoms with Crippen molar-refractivity contribution in [1.29, 1.82) is 0 Å². The van der Waals surface area contributed by atoms with Gasteiger partial charge in [-0.2, -0.15) is 0 Å². The molecule has 0 N–H and O–H groups in total. The summed E-state index contributed by atoms with van der Waals surface area (Å²) in [5, 5.41) is 1.43. The molecular formula is C21H20Cl2O. The highest BCUT2D eigenvalue weighted by atomic mass is 35.5. The Labute approximate surface area is 153 Å². The first kappa shape index (κ1) is 17.3. The largest absolute Gasteiger partial charge is 0.294 e. The Kier molecular flexibility index (Phi) is 5.76. The van der Waals surface area contributed by atoms with Crippen molar-refractivity contribution in [3.63, 3.8) is 0 Å². The van der Waals surface area contributed by atoms with Crippen LogP contribution >= 0.6 is 23.2 Å². The van der Waals surface area contributed by atoms with Gasteiger partial charge in [0.2, 0.25) is 0 Å². The van der Waals surface area contributed by atoms with Crippen molar-refractivity contribution in [3.8, 4) is 0 Å². The zero-order valence-corrected chi connectivity index (χ0v) is 15.0. The molecule has 0 spiro atoms. The highest BCUT2D eigenvalue weighted by molar-refractivity contribution is 6.32. The van der Waals surface area contributed by atoms with E-state index in [4.69, 9.17) is 23.2 Å². The second kappa shape index (κ2) is 8.00. The molecule has 1 aliphatic carbocycles. The van der Waals surface area contributed by atoms with Crippen LogP contribution in [0.5, 0.6) is 0 Å². The first-order chi connectivity index (χ1) is 11.6. The summed E-state index contributed by atoms with van der Waals surface area (Å²) in [6.07, 6.45) is 6.53. The Bertz CT molecular complexity index is 764. The van der Waals surface area contributed by atoms with E-state index in [0.717, 1.165) is 47.4 Å². The van der Waals surface area contributed by atoms with Gasteiger partial charge in [-0.25, -0.2) is 0 Å². The summed E-state index contributed by atoms with van der Waals surface area (Å²) in [7, 11) is 0. The molecule has 124 valence electrons. The van der Waals surface area contributed by atoms with Crippen LogP contribution in [0.15, 0.2) is 54.1 Å². The number of carbonyl (C=O) groups excluding carboxylic acids is 1. The molecule has 0 heterocycles. The fourth-order valence-electron chi connectivity index (χ4n) is 3.27. The van der Waals surface area contributed by atoms with E-state index in [1.165, 1.54) is 0 Å². The number of ketones is 1. The Morgan fingerprint density at radius 1 is 0.958 bits per heavy atom. The Morgan fingerprint density at radius 2 is 1.67 bits per heavy atom. The maximum absolute atomic E-state index is 13.0. The smallest absolute Gasteiger partial charge is 0.162 e. The molecular weight excluding hydrogens is 339 g/mol. The third-order valence-corrected chi connectivity index (χ3v) is 5.31. The van der Waals surface area contributed by atoms with Crippen molar-refractivity contribution in [1.82, 2.24) is 0 Å². The van der Waals surface area contributed by atoms with E-state index in [1.54, 1.807) is 0 Å². The summed E-state index contributed by atoms with van der Waals surface area (Å²) >= 11 is 12.5. The Hall–Kier alpha value is -1.57. The molecule has 1 atom stereocenters. The normalized spacial score (nSPS) is 20.2. The van der Waals surface area contributed by atoms with Gasteiger partial charge in [0.25, 0.3) is 0 Å². The van der Waals surface area contributed by atoms with Crippen molar-refractivity contribution in [2.75, 3.05) is 0 Å². The lowest BCUT2D eigenvalue weighted by atomic mass is 9.89. The molecule has 1 saturated carbocycles. The van der Waals surface area contributed by atoms with E-state index in [9.17, 15) is 4.79 Å². The van der Waals surface area contributed by atoms with Crippen molar-refractivity contribution in [2.45, 2.75) is 32.1 Å². The number of rotatable bonds is 3. The Morgan fingerprint density at radius 3 is 2.42 bits per heavy atom. The fourth-order valence-corrected chi connectivity index (χ4v) is 3.67. The van der Waals surface area contributed by atoms with Gasteiger partial charge in [-0.3, -0.25) is 4.79 Å². The van der Waals surface area contributed by atoms with Gasteiger partial charge in [-0.15, -0.1) is 0 Å². The minimum atomic E-state index is 0.00105. The third kappa shape index (κ3) is 4.09. The molecule has 0 bridgehead atoms. The molecule has 0 aromatic heterocycles. The van der Waals surface area contributed by atoms with Gasteiger partial charge in [0.05, 0.1) is 0 Å². The van der Waals surface area contributed by atoms with Crippen LogP contribution in [0.3, 0.4) is 0 Å². The number of benzene rings is 2. The van der Waals surface area contributed by atoms with E-state index in [-0.39, 0.29) is 11.7 Å². The molecule has 0 amide bonds. The van der Waals surface area contributed by atoms with E-state index in [2.05, 4.69) is 0 Å². The van der Waals surface area contributed by atoms with Gasteiger partial charge in [0.1, 0.15) is 0 Å². The zero-order chi connectivity index (χ0) is 16.9. The lowest BCUT2D eigenvalue weighted by Crippen LogP contribution is -2.17. The quantitative estimate of drug-likeness (QED) is 0.459. The highest BCUT2D eigenvalue weighted by Crippen LogP contribution is 2.31. The van der Waals surface area contributed by atoms with Gasteiger partial charge in [0.15, 0.2) is 5.78 Å². The Balaban J connectivity index is 1.86. The maximum Gasteiger partial charge on any atom is 0.162 e. The molecule has 1 nitrogen and oxygen atoms in total. The third-order valence-electron chi connectivity index (χ3n) is 4.60. The number of Topliss-reactive ketones (excluding diaryl/α,β-unsaturated/α-hetero) is 1. The summed E-state index contributed by atoms with van der Waals surface area (Å²) in [6, 6.07) is 15.5. The molecule has 0 unspecified atom stereocenters. The number of hydrogen-bond acceptors (Lipinski definition) is 1. The first-order valence-corrected chi connectivity index (χ1v) is 9.13. The average molecular weight is 359 g/mol. The number of carbonyl (C=O) groups is 1. The van der Waals surface area contributed by atoms with Gasteiger partial charge < -0.3 is 0 Å². The minimum absolute atomic E-state index is 0.00105. The van der Waals surface area contributed by atoms with E-state index in [1.807, 2.05) is 54.6 Å². The van der Waals surface area contributed by atoms with Crippen LogP contribution in [0, 0.1) is 5.92 Å². The fraction of sp³-hybridized carbons (Fsp3) is 0.286. The van der Waals surface area contributed by atoms with Crippen molar-refractivity contribution >= 4 is 35.1 Å². The molecule has 24 heavy (non-hydrogen) atoms. The van der Waals surface area contributed by atoms with Crippen molar-refractivity contribution in [3.05, 3.63) is 75.3 Å². The molecule has 0 saturated heterocycles. The standard InChI is InChI=1S/C21H20Cl2O/c22-19-11-5-3-7-15(19)13-17-9-1-2-10-18(21(17)24)14-16-8-4-6-12-20(16)23/h3-8,11-13,18H,1-2,9-10,14H2/b17-13+/t18-/m1/s1. The number of hydrogen-bond donors (Lipinski definition) is 0.